The average Bonchev–Trinajstić information content (AvgIpc) is 3.01. The standard InChI is InChI=1S/C21H17Cl2N3O3S2/c22-15-7-3-6-14(11-15)19(28)25-24-18(27)9-4-10-26-20(29)17(31-21(26)30)12-13-5-1-2-8-16(13)23/h1-3,5-8,11-12H,4,9-10H2,(H,24,27)(H,25,28). The van der Waals surface area contributed by atoms with Crippen LogP contribution in [0.5, 0.6) is 0 Å². The van der Waals surface area contributed by atoms with Crippen LogP contribution in [-0.4, -0.2) is 33.5 Å². The van der Waals surface area contributed by atoms with E-state index >= 15 is 0 Å². The Balaban J connectivity index is 1.47. The molecule has 2 aromatic rings. The third-order valence-corrected chi connectivity index (χ3v) is 6.21. The summed E-state index contributed by atoms with van der Waals surface area (Å²) in [5, 5.41) is 0.968. The number of carbonyl (C=O) groups excluding carboxylic acids is 3. The Morgan fingerprint density at radius 3 is 2.61 bits per heavy atom. The lowest BCUT2D eigenvalue weighted by molar-refractivity contribution is -0.124. The van der Waals surface area contributed by atoms with E-state index in [0.717, 1.165) is 5.56 Å². The van der Waals surface area contributed by atoms with E-state index in [1.54, 1.807) is 30.3 Å². The van der Waals surface area contributed by atoms with Crippen molar-refractivity contribution in [2.75, 3.05) is 6.54 Å². The summed E-state index contributed by atoms with van der Waals surface area (Å²) in [5.74, 6) is -1.07. The van der Waals surface area contributed by atoms with Gasteiger partial charge in [0.1, 0.15) is 4.32 Å². The molecule has 0 aromatic heterocycles. The fourth-order valence-electron chi connectivity index (χ4n) is 2.71. The number of carbonyl (C=O) groups is 3. The highest BCUT2D eigenvalue weighted by molar-refractivity contribution is 8.26. The molecular formula is C21H17Cl2N3O3S2. The lowest BCUT2D eigenvalue weighted by Crippen LogP contribution is -2.41. The number of thioether (sulfide) groups is 1. The molecule has 2 N–H and O–H groups in total. The largest absolute Gasteiger partial charge is 0.293 e. The monoisotopic (exact) mass is 493 g/mol. The Morgan fingerprint density at radius 2 is 1.87 bits per heavy atom. The van der Waals surface area contributed by atoms with Gasteiger partial charge in [-0.05, 0) is 42.3 Å². The van der Waals surface area contributed by atoms with E-state index in [4.69, 9.17) is 35.4 Å². The number of hydrogen-bond donors (Lipinski definition) is 2. The second kappa shape index (κ2) is 10.8. The first kappa shape index (κ1) is 23.3. The zero-order valence-corrected chi connectivity index (χ0v) is 19.2. The lowest BCUT2D eigenvalue weighted by Gasteiger charge is -2.14. The van der Waals surface area contributed by atoms with E-state index in [9.17, 15) is 14.4 Å². The average molecular weight is 494 g/mol. The van der Waals surface area contributed by atoms with Crippen LogP contribution < -0.4 is 10.9 Å². The smallest absolute Gasteiger partial charge is 0.269 e. The van der Waals surface area contributed by atoms with Gasteiger partial charge in [-0.1, -0.05) is 71.4 Å². The van der Waals surface area contributed by atoms with Gasteiger partial charge >= 0.3 is 0 Å². The number of hydrazine groups is 1. The van der Waals surface area contributed by atoms with Crippen molar-refractivity contribution in [2.45, 2.75) is 12.8 Å². The van der Waals surface area contributed by atoms with E-state index in [2.05, 4.69) is 10.9 Å². The van der Waals surface area contributed by atoms with Gasteiger partial charge in [0.05, 0.1) is 4.91 Å². The van der Waals surface area contributed by atoms with E-state index in [1.165, 1.54) is 22.7 Å². The van der Waals surface area contributed by atoms with Crippen LogP contribution in [0.4, 0.5) is 0 Å². The predicted molar refractivity (Wildman–Crippen MR) is 128 cm³/mol. The molecule has 2 aromatic carbocycles. The second-order valence-corrected chi connectivity index (χ2v) is 8.99. The minimum absolute atomic E-state index is 0.108. The van der Waals surface area contributed by atoms with Crippen molar-refractivity contribution in [3.63, 3.8) is 0 Å². The topological polar surface area (TPSA) is 78.5 Å². The third kappa shape index (κ3) is 6.30. The molecule has 0 spiro atoms. The van der Waals surface area contributed by atoms with Crippen LogP contribution in [0.3, 0.4) is 0 Å². The number of nitrogens with one attached hydrogen (secondary N) is 2. The molecule has 10 heteroatoms. The molecule has 1 aliphatic heterocycles. The summed E-state index contributed by atoms with van der Waals surface area (Å²) < 4.78 is 0.429. The van der Waals surface area contributed by atoms with Gasteiger partial charge in [-0.15, -0.1) is 0 Å². The van der Waals surface area contributed by atoms with E-state index in [0.29, 0.717) is 37.8 Å². The van der Waals surface area contributed by atoms with Crippen LogP contribution in [0, 0.1) is 0 Å². The normalized spacial score (nSPS) is 14.8. The number of thiocarbonyl (C=S) groups is 1. The molecule has 31 heavy (non-hydrogen) atoms. The molecule has 3 rings (SSSR count). The summed E-state index contributed by atoms with van der Waals surface area (Å²) in [6, 6.07) is 13.6. The molecule has 1 heterocycles. The molecule has 0 unspecified atom stereocenters. The van der Waals surface area contributed by atoms with Gasteiger partial charge in [0, 0.05) is 28.6 Å². The maximum absolute atomic E-state index is 12.6. The molecule has 0 radical (unpaired) electrons. The zero-order chi connectivity index (χ0) is 22.4. The minimum Gasteiger partial charge on any atom is -0.293 e. The number of rotatable bonds is 6. The lowest BCUT2D eigenvalue weighted by atomic mass is 10.2. The fourth-order valence-corrected chi connectivity index (χ4v) is 4.39. The van der Waals surface area contributed by atoms with Gasteiger partial charge in [0.15, 0.2) is 0 Å². The summed E-state index contributed by atoms with van der Waals surface area (Å²) in [6.45, 7) is 0.292. The first-order chi connectivity index (χ1) is 14.8. The van der Waals surface area contributed by atoms with Crippen molar-refractivity contribution < 1.29 is 14.4 Å². The molecular weight excluding hydrogens is 477 g/mol. The summed E-state index contributed by atoms with van der Waals surface area (Å²) in [4.78, 5) is 38.6. The summed E-state index contributed by atoms with van der Waals surface area (Å²) in [6.07, 6.45) is 2.20. The van der Waals surface area contributed by atoms with Crippen molar-refractivity contribution in [3.8, 4) is 0 Å². The van der Waals surface area contributed by atoms with Gasteiger partial charge in [0.25, 0.3) is 11.8 Å². The van der Waals surface area contributed by atoms with Crippen LogP contribution in [0.1, 0.15) is 28.8 Å². The van der Waals surface area contributed by atoms with Crippen LogP contribution in [-0.2, 0) is 9.59 Å². The molecule has 6 nitrogen and oxygen atoms in total. The van der Waals surface area contributed by atoms with Crippen molar-refractivity contribution >= 4 is 75.3 Å². The predicted octanol–water partition coefficient (Wildman–Crippen LogP) is 4.44. The molecule has 0 saturated carbocycles. The summed E-state index contributed by atoms with van der Waals surface area (Å²) >= 11 is 18.5. The summed E-state index contributed by atoms with van der Waals surface area (Å²) in [5.41, 5.74) is 5.74. The molecule has 0 atom stereocenters. The zero-order valence-electron chi connectivity index (χ0n) is 16.1. The van der Waals surface area contributed by atoms with Gasteiger partial charge in [-0.2, -0.15) is 0 Å². The molecule has 160 valence electrons. The summed E-state index contributed by atoms with van der Waals surface area (Å²) in [7, 11) is 0. The van der Waals surface area contributed by atoms with Gasteiger partial charge in [0.2, 0.25) is 5.91 Å². The number of amides is 3. The van der Waals surface area contributed by atoms with E-state index in [-0.39, 0.29) is 18.2 Å². The van der Waals surface area contributed by atoms with Crippen LogP contribution in [0.15, 0.2) is 53.4 Å². The Kier molecular flexibility index (Phi) is 8.09. The number of nitrogens with zero attached hydrogens (tertiary/aromatic N) is 1. The first-order valence-electron chi connectivity index (χ1n) is 9.20. The quantitative estimate of drug-likeness (QED) is 0.353. The van der Waals surface area contributed by atoms with Crippen LogP contribution >= 0.6 is 47.2 Å². The van der Waals surface area contributed by atoms with Crippen molar-refractivity contribution in [1.29, 1.82) is 0 Å². The molecule has 1 aliphatic rings. The Bertz CT molecular complexity index is 1080. The van der Waals surface area contributed by atoms with Gasteiger partial charge in [-0.3, -0.25) is 30.1 Å². The van der Waals surface area contributed by atoms with Gasteiger partial charge in [-0.25, -0.2) is 0 Å². The number of benzene rings is 2. The van der Waals surface area contributed by atoms with Crippen LogP contribution in [0.2, 0.25) is 10.0 Å². The Labute approximate surface area is 198 Å². The molecule has 1 saturated heterocycles. The molecule has 0 bridgehead atoms. The van der Waals surface area contributed by atoms with Crippen molar-refractivity contribution in [3.05, 3.63) is 74.6 Å². The number of hydrogen-bond acceptors (Lipinski definition) is 5. The fraction of sp³-hybridized carbons (Fsp3) is 0.143. The molecule has 0 aliphatic carbocycles. The number of halogens is 2. The van der Waals surface area contributed by atoms with E-state index in [1.807, 2.05) is 18.2 Å². The van der Waals surface area contributed by atoms with Gasteiger partial charge < -0.3 is 0 Å². The maximum Gasteiger partial charge on any atom is 0.269 e. The minimum atomic E-state index is -0.475. The third-order valence-electron chi connectivity index (χ3n) is 4.25. The molecule has 3 amide bonds. The van der Waals surface area contributed by atoms with Crippen molar-refractivity contribution in [1.82, 2.24) is 15.8 Å². The van der Waals surface area contributed by atoms with Crippen LogP contribution in [0.25, 0.3) is 6.08 Å². The second-order valence-electron chi connectivity index (χ2n) is 6.47. The SMILES string of the molecule is O=C(CCCN1C(=O)C(=Cc2ccccc2Cl)SC1=S)NNC(=O)c1cccc(Cl)c1. The molecule has 1 fully saturated rings. The highest BCUT2D eigenvalue weighted by Crippen LogP contribution is 2.33. The van der Waals surface area contributed by atoms with E-state index < -0.39 is 5.91 Å². The Hall–Kier alpha value is -2.39. The van der Waals surface area contributed by atoms with Crippen molar-refractivity contribution in [2.24, 2.45) is 0 Å². The highest BCUT2D eigenvalue weighted by atomic mass is 35.5. The Morgan fingerprint density at radius 1 is 1.10 bits per heavy atom. The maximum atomic E-state index is 12.6. The first-order valence-corrected chi connectivity index (χ1v) is 11.2. The highest BCUT2D eigenvalue weighted by Gasteiger charge is 2.31.